The molecule has 4 rings (SSSR count). The first kappa shape index (κ1) is 15.9. The van der Waals surface area contributed by atoms with Crippen LogP contribution in [0.15, 0.2) is 37.1 Å². The van der Waals surface area contributed by atoms with Gasteiger partial charge in [-0.25, -0.2) is 15.0 Å². The van der Waals surface area contributed by atoms with Gasteiger partial charge in [0.2, 0.25) is 0 Å². The summed E-state index contributed by atoms with van der Waals surface area (Å²) in [5, 5.41) is 22.4. The van der Waals surface area contributed by atoms with Crippen molar-refractivity contribution < 1.29 is 14.9 Å². The molecule has 1 aliphatic rings. The molecule has 1 aliphatic heterocycles. The van der Waals surface area contributed by atoms with Crippen LogP contribution in [0.2, 0.25) is 0 Å². The summed E-state index contributed by atoms with van der Waals surface area (Å²) in [5.41, 5.74) is 2.11. The molecule has 3 aromatic rings. The van der Waals surface area contributed by atoms with Crippen molar-refractivity contribution in [3.63, 3.8) is 0 Å². The van der Waals surface area contributed by atoms with Crippen molar-refractivity contribution in [2.24, 2.45) is 0 Å². The van der Waals surface area contributed by atoms with Gasteiger partial charge in [-0.15, -0.1) is 0 Å². The minimum atomic E-state index is -0.712. The van der Waals surface area contributed by atoms with Gasteiger partial charge in [0.1, 0.15) is 18.7 Å². The third kappa shape index (κ3) is 3.04. The van der Waals surface area contributed by atoms with Gasteiger partial charge in [-0.05, 0) is 12.1 Å². The molecule has 25 heavy (non-hydrogen) atoms. The highest BCUT2D eigenvalue weighted by atomic mass is 16.5. The number of fused-ring (bicyclic) bond motifs is 1. The maximum Gasteiger partial charge on any atom is 0.167 e. The minimum Gasteiger partial charge on any atom is -0.394 e. The number of nitrogens with one attached hydrogen (secondary N) is 1. The third-order valence-corrected chi connectivity index (χ3v) is 4.22. The summed E-state index contributed by atoms with van der Waals surface area (Å²) in [6.45, 7) is 0.293. The van der Waals surface area contributed by atoms with Crippen LogP contribution in [0.25, 0.3) is 11.2 Å². The number of hydrogen-bond donors (Lipinski definition) is 3. The van der Waals surface area contributed by atoms with E-state index in [2.05, 4.69) is 25.3 Å². The SMILES string of the molecule is OC[C@H]1O[C@@H](n2cnc3c(NCc4ccccn4)ncnc32)C[C@@H]1O. The number of anilines is 1. The number of aliphatic hydroxyl groups is 2. The minimum absolute atomic E-state index is 0.226. The molecule has 0 unspecified atom stereocenters. The van der Waals surface area contributed by atoms with Crippen molar-refractivity contribution >= 4 is 17.0 Å². The van der Waals surface area contributed by atoms with Crippen LogP contribution in [-0.4, -0.2) is 53.5 Å². The van der Waals surface area contributed by atoms with Crippen LogP contribution in [0.5, 0.6) is 0 Å². The molecule has 9 nitrogen and oxygen atoms in total. The van der Waals surface area contributed by atoms with Gasteiger partial charge in [0.25, 0.3) is 0 Å². The van der Waals surface area contributed by atoms with Crippen LogP contribution < -0.4 is 5.32 Å². The topological polar surface area (TPSA) is 118 Å². The molecule has 0 saturated carbocycles. The summed E-state index contributed by atoms with van der Waals surface area (Å²) in [7, 11) is 0. The van der Waals surface area contributed by atoms with Crippen molar-refractivity contribution in [2.45, 2.75) is 31.4 Å². The Morgan fingerprint density at radius 3 is 2.92 bits per heavy atom. The van der Waals surface area contributed by atoms with Gasteiger partial charge in [-0.2, -0.15) is 0 Å². The maximum atomic E-state index is 9.92. The van der Waals surface area contributed by atoms with Gasteiger partial charge in [-0.3, -0.25) is 9.55 Å². The molecule has 4 heterocycles. The first-order chi connectivity index (χ1) is 12.3. The molecule has 0 aliphatic carbocycles. The predicted molar refractivity (Wildman–Crippen MR) is 88.5 cm³/mol. The molecule has 9 heteroatoms. The van der Waals surface area contributed by atoms with E-state index < -0.39 is 18.4 Å². The van der Waals surface area contributed by atoms with Gasteiger partial charge >= 0.3 is 0 Å². The lowest BCUT2D eigenvalue weighted by Gasteiger charge is -2.13. The summed E-state index contributed by atoms with van der Waals surface area (Å²) < 4.78 is 7.43. The van der Waals surface area contributed by atoms with Crippen LogP contribution in [0.4, 0.5) is 5.82 Å². The van der Waals surface area contributed by atoms with Gasteiger partial charge in [-0.1, -0.05) is 6.07 Å². The number of imidazole rings is 1. The van der Waals surface area contributed by atoms with E-state index in [1.807, 2.05) is 18.2 Å². The van der Waals surface area contributed by atoms with E-state index in [1.54, 1.807) is 17.1 Å². The zero-order valence-corrected chi connectivity index (χ0v) is 13.4. The lowest BCUT2D eigenvalue weighted by Crippen LogP contribution is -2.24. The van der Waals surface area contributed by atoms with E-state index in [1.165, 1.54) is 6.33 Å². The van der Waals surface area contributed by atoms with Crippen molar-refractivity contribution in [3.8, 4) is 0 Å². The molecule has 130 valence electrons. The first-order valence-electron chi connectivity index (χ1n) is 8.02. The van der Waals surface area contributed by atoms with Gasteiger partial charge in [0.05, 0.1) is 31.3 Å². The van der Waals surface area contributed by atoms with Crippen molar-refractivity contribution in [1.82, 2.24) is 24.5 Å². The molecule has 0 aromatic carbocycles. The Bertz CT molecular complexity index is 855. The molecule has 3 atom stereocenters. The molecule has 0 radical (unpaired) electrons. The smallest absolute Gasteiger partial charge is 0.167 e. The fourth-order valence-electron chi connectivity index (χ4n) is 2.92. The fourth-order valence-corrected chi connectivity index (χ4v) is 2.92. The van der Waals surface area contributed by atoms with Gasteiger partial charge in [0.15, 0.2) is 17.0 Å². The van der Waals surface area contributed by atoms with Crippen LogP contribution >= 0.6 is 0 Å². The number of hydrogen-bond acceptors (Lipinski definition) is 8. The summed E-state index contributed by atoms with van der Waals surface area (Å²) in [5.74, 6) is 0.603. The molecule has 0 amide bonds. The molecular weight excluding hydrogens is 324 g/mol. The normalized spacial score (nSPS) is 23.2. The number of rotatable bonds is 5. The number of aromatic nitrogens is 5. The molecule has 1 fully saturated rings. The Morgan fingerprint density at radius 2 is 2.16 bits per heavy atom. The first-order valence-corrected chi connectivity index (χ1v) is 8.02. The number of nitrogens with zero attached hydrogens (tertiary/aromatic N) is 5. The zero-order chi connectivity index (χ0) is 17.2. The Hall–Kier alpha value is -2.62. The highest BCUT2D eigenvalue weighted by Crippen LogP contribution is 2.31. The predicted octanol–water partition coefficient (Wildman–Crippen LogP) is 0.474. The van der Waals surface area contributed by atoms with E-state index in [9.17, 15) is 10.2 Å². The number of pyridine rings is 1. The quantitative estimate of drug-likeness (QED) is 0.612. The van der Waals surface area contributed by atoms with E-state index in [0.717, 1.165) is 5.69 Å². The molecule has 0 spiro atoms. The second kappa shape index (κ2) is 6.71. The van der Waals surface area contributed by atoms with E-state index in [4.69, 9.17) is 4.74 Å². The van der Waals surface area contributed by atoms with Crippen molar-refractivity contribution in [1.29, 1.82) is 0 Å². The average molecular weight is 342 g/mol. The number of aliphatic hydroxyl groups excluding tert-OH is 2. The highest BCUT2D eigenvalue weighted by molar-refractivity contribution is 5.82. The van der Waals surface area contributed by atoms with E-state index >= 15 is 0 Å². The molecule has 3 aromatic heterocycles. The highest BCUT2D eigenvalue weighted by Gasteiger charge is 2.35. The molecule has 3 N–H and O–H groups in total. The largest absolute Gasteiger partial charge is 0.394 e. The van der Waals surface area contributed by atoms with Crippen LogP contribution in [-0.2, 0) is 11.3 Å². The van der Waals surface area contributed by atoms with Gasteiger partial charge in [0, 0.05) is 12.6 Å². The van der Waals surface area contributed by atoms with Crippen molar-refractivity contribution in [2.75, 3.05) is 11.9 Å². The molecular formula is C16H18N6O3. The third-order valence-electron chi connectivity index (χ3n) is 4.22. The average Bonchev–Trinajstić information content (AvgIpc) is 3.24. The zero-order valence-electron chi connectivity index (χ0n) is 13.4. The molecule has 1 saturated heterocycles. The van der Waals surface area contributed by atoms with Crippen molar-refractivity contribution in [3.05, 3.63) is 42.7 Å². The van der Waals surface area contributed by atoms with Crippen LogP contribution in [0.3, 0.4) is 0 Å². The van der Waals surface area contributed by atoms with Crippen LogP contribution in [0, 0.1) is 0 Å². The lowest BCUT2D eigenvalue weighted by molar-refractivity contribution is -0.0432. The standard InChI is InChI=1S/C16H18N6O3/c23-7-12-11(24)5-13(25-12)22-9-21-14-15(19-8-20-16(14)22)18-6-10-3-1-2-4-17-10/h1-4,8-9,11-13,23-24H,5-7H2,(H,18,19,20)/t11-,12+,13+/m0/s1. The van der Waals surface area contributed by atoms with Crippen LogP contribution in [0.1, 0.15) is 18.3 Å². The number of ether oxygens (including phenoxy) is 1. The maximum absolute atomic E-state index is 9.92. The Morgan fingerprint density at radius 1 is 1.24 bits per heavy atom. The Labute approximate surface area is 143 Å². The fraction of sp³-hybridized carbons (Fsp3) is 0.375. The lowest BCUT2D eigenvalue weighted by atomic mass is 10.2. The summed E-state index contributed by atoms with van der Waals surface area (Å²) in [6, 6.07) is 5.71. The van der Waals surface area contributed by atoms with Gasteiger partial charge < -0.3 is 20.3 Å². The van der Waals surface area contributed by atoms with E-state index in [-0.39, 0.29) is 6.61 Å². The Kier molecular flexibility index (Phi) is 4.26. The molecule has 0 bridgehead atoms. The second-order valence-electron chi connectivity index (χ2n) is 5.84. The summed E-state index contributed by atoms with van der Waals surface area (Å²) in [6.07, 6.45) is 3.45. The second-order valence-corrected chi connectivity index (χ2v) is 5.84. The monoisotopic (exact) mass is 342 g/mol. The summed E-state index contributed by atoms with van der Waals surface area (Å²) >= 11 is 0. The summed E-state index contributed by atoms with van der Waals surface area (Å²) in [4.78, 5) is 17.2. The van der Waals surface area contributed by atoms with E-state index in [0.29, 0.717) is 29.9 Å². The Balaban J connectivity index is 1.58.